The number of fused-ring (bicyclic) bond motifs is 2. The first-order chi connectivity index (χ1) is 9.34. The zero-order valence-electron chi connectivity index (χ0n) is 13.0. The van der Waals surface area contributed by atoms with Crippen molar-refractivity contribution in [1.29, 1.82) is 0 Å². The van der Waals surface area contributed by atoms with Crippen molar-refractivity contribution in [3.63, 3.8) is 0 Å². The molecule has 1 aromatic rings. The number of hydrogen-bond acceptors (Lipinski definition) is 1. The predicted molar refractivity (Wildman–Crippen MR) is 81.0 cm³/mol. The van der Waals surface area contributed by atoms with Crippen LogP contribution in [0.15, 0.2) is 24.3 Å². The van der Waals surface area contributed by atoms with Crippen LogP contribution in [0, 0.1) is 22.6 Å². The van der Waals surface area contributed by atoms with Crippen LogP contribution in [0.1, 0.15) is 58.6 Å². The molecule has 0 aliphatic heterocycles. The summed E-state index contributed by atoms with van der Waals surface area (Å²) in [5.74, 6) is 0.694. The van der Waals surface area contributed by atoms with Gasteiger partial charge < -0.3 is 5.32 Å². The van der Waals surface area contributed by atoms with Crippen LogP contribution in [0.5, 0.6) is 0 Å². The minimum atomic E-state index is -0.158. The van der Waals surface area contributed by atoms with Gasteiger partial charge in [-0.3, -0.25) is 0 Å². The summed E-state index contributed by atoms with van der Waals surface area (Å²) < 4.78 is 13.0. The number of benzene rings is 1. The Morgan fingerprint density at radius 2 is 1.85 bits per heavy atom. The molecule has 2 fully saturated rings. The second-order valence-corrected chi connectivity index (χ2v) is 7.60. The Kier molecular flexibility index (Phi) is 3.20. The summed E-state index contributed by atoms with van der Waals surface area (Å²) in [4.78, 5) is 0. The molecular formula is C18H26FN. The molecule has 2 saturated carbocycles. The highest BCUT2D eigenvalue weighted by Crippen LogP contribution is 2.65. The van der Waals surface area contributed by atoms with Crippen LogP contribution in [0.4, 0.5) is 4.39 Å². The summed E-state index contributed by atoms with van der Waals surface area (Å²) in [6, 6.07) is 7.77. The minimum absolute atomic E-state index is 0.158. The number of halogens is 1. The van der Waals surface area contributed by atoms with Crippen LogP contribution in [0.2, 0.25) is 0 Å². The molecule has 2 aliphatic rings. The maximum atomic E-state index is 13.0. The molecule has 0 amide bonds. The van der Waals surface area contributed by atoms with Gasteiger partial charge in [-0.15, -0.1) is 0 Å². The van der Waals surface area contributed by atoms with E-state index in [1.165, 1.54) is 24.8 Å². The van der Waals surface area contributed by atoms with Crippen LogP contribution in [0.25, 0.3) is 0 Å². The lowest BCUT2D eigenvalue weighted by atomic mass is 9.69. The SMILES string of the molecule is C[C@H](NC1CC2CCC1(C)C2(C)C)c1ccc(F)cc1. The van der Waals surface area contributed by atoms with E-state index in [1.54, 1.807) is 12.1 Å². The van der Waals surface area contributed by atoms with E-state index in [0.717, 1.165) is 5.92 Å². The Hall–Kier alpha value is -0.890. The van der Waals surface area contributed by atoms with E-state index >= 15 is 0 Å². The van der Waals surface area contributed by atoms with Crippen molar-refractivity contribution >= 4 is 0 Å². The lowest BCUT2D eigenvalue weighted by Gasteiger charge is -2.40. The van der Waals surface area contributed by atoms with E-state index in [0.29, 0.717) is 16.9 Å². The Balaban J connectivity index is 1.75. The highest BCUT2D eigenvalue weighted by molar-refractivity contribution is 5.21. The van der Waals surface area contributed by atoms with Crippen LogP contribution in [-0.4, -0.2) is 6.04 Å². The third kappa shape index (κ3) is 1.92. The molecule has 20 heavy (non-hydrogen) atoms. The normalized spacial score (nSPS) is 36.2. The van der Waals surface area contributed by atoms with Crippen molar-refractivity contribution in [3.05, 3.63) is 35.6 Å². The van der Waals surface area contributed by atoms with E-state index in [1.807, 2.05) is 12.1 Å². The fourth-order valence-electron chi connectivity index (χ4n) is 4.61. The number of hydrogen-bond donors (Lipinski definition) is 1. The van der Waals surface area contributed by atoms with Gasteiger partial charge in [0.15, 0.2) is 0 Å². The van der Waals surface area contributed by atoms with Gasteiger partial charge in [-0.05, 0) is 60.6 Å². The first kappa shape index (κ1) is 14.1. The number of nitrogens with one attached hydrogen (secondary N) is 1. The van der Waals surface area contributed by atoms with Crippen LogP contribution in [-0.2, 0) is 0 Å². The smallest absolute Gasteiger partial charge is 0.123 e. The van der Waals surface area contributed by atoms with Gasteiger partial charge in [0.2, 0.25) is 0 Å². The summed E-state index contributed by atoms with van der Waals surface area (Å²) >= 11 is 0. The fourth-order valence-corrected chi connectivity index (χ4v) is 4.61. The predicted octanol–water partition coefficient (Wildman–Crippen LogP) is 4.69. The molecule has 2 bridgehead atoms. The van der Waals surface area contributed by atoms with Crippen molar-refractivity contribution in [2.45, 2.75) is 59.0 Å². The Bertz CT molecular complexity index is 493. The quantitative estimate of drug-likeness (QED) is 0.843. The third-order valence-electron chi connectivity index (χ3n) is 6.62. The second kappa shape index (κ2) is 4.56. The molecular weight excluding hydrogens is 249 g/mol. The molecule has 1 aromatic carbocycles. The molecule has 4 atom stereocenters. The third-order valence-corrected chi connectivity index (χ3v) is 6.62. The van der Waals surface area contributed by atoms with Crippen LogP contribution < -0.4 is 5.32 Å². The van der Waals surface area contributed by atoms with Gasteiger partial charge in [0.1, 0.15) is 5.82 Å². The number of rotatable bonds is 3. The van der Waals surface area contributed by atoms with Crippen molar-refractivity contribution in [1.82, 2.24) is 5.32 Å². The van der Waals surface area contributed by atoms with E-state index in [2.05, 4.69) is 33.0 Å². The lowest BCUT2D eigenvalue weighted by Crippen LogP contribution is -2.45. The highest BCUT2D eigenvalue weighted by Gasteiger charge is 2.61. The van der Waals surface area contributed by atoms with Crippen molar-refractivity contribution in [2.24, 2.45) is 16.7 Å². The molecule has 2 aliphatic carbocycles. The summed E-state index contributed by atoms with van der Waals surface area (Å²) in [7, 11) is 0. The molecule has 0 radical (unpaired) electrons. The van der Waals surface area contributed by atoms with Crippen molar-refractivity contribution < 1.29 is 4.39 Å². The van der Waals surface area contributed by atoms with Crippen molar-refractivity contribution in [2.75, 3.05) is 0 Å². The molecule has 0 aromatic heterocycles. The van der Waals surface area contributed by atoms with E-state index in [-0.39, 0.29) is 11.9 Å². The molecule has 0 spiro atoms. The summed E-state index contributed by atoms with van der Waals surface area (Å²) in [6.45, 7) is 9.52. The monoisotopic (exact) mass is 275 g/mol. The van der Waals surface area contributed by atoms with Gasteiger partial charge in [0, 0.05) is 12.1 Å². The first-order valence-electron chi connectivity index (χ1n) is 7.86. The Morgan fingerprint density at radius 3 is 2.35 bits per heavy atom. The van der Waals surface area contributed by atoms with Crippen molar-refractivity contribution in [3.8, 4) is 0 Å². The van der Waals surface area contributed by atoms with Gasteiger partial charge in [0.25, 0.3) is 0 Å². The Morgan fingerprint density at radius 1 is 1.20 bits per heavy atom. The molecule has 3 rings (SSSR count). The topological polar surface area (TPSA) is 12.0 Å². The first-order valence-corrected chi connectivity index (χ1v) is 7.86. The summed E-state index contributed by atoms with van der Waals surface area (Å²) in [5, 5.41) is 3.82. The van der Waals surface area contributed by atoms with Gasteiger partial charge in [-0.25, -0.2) is 4.39 Å². The summed E-state index contributed by atoms with van der Waals surface area (Å²) in [5.41, 5.74) is 2.01. The van der Waals surface area contributed by atoms with Crippen LogP contribution >= 0.6 is 0 Å². The minimum Gasteiger partial charge on any atom is -0.307 e. The molecule has 110 valence electrons. The molecule has 0 heterocycles. The average Bonchev–Trinajstić information content (AvgIpc) is 2.72. The second-order valence-electron chi connectivity index (χ2n) is 7.60. The van der Waals surface area contributed by atoms with Gasteiger partial charge in [-0.1, -0.05) is 32.9 Å². The van der Waals surface area contributed by atoms with Gasteiger partial charge in [0.05, 0.1) is 0 Å². The lowest BCUT2D eigenvalue weighted by molar-refractivity contribution is 0.116. The standard InChI is InChI=1S/C18H26FN/c1-12(13-5-7-15(19)8-6-13)20-16-11-14-9-10-18(16,4)17(14,2)3/h5-8,12,14,16,20H,9-11H2,1-4H3/t12-,14?,16?,18?/m0/s1. The molecule has 3 unspecified atom stereocenters. The van der Waals surface area contributed by atoms with E-state index < -0.39 is 0 Å². The van der Waals surface area contributed by atoms with E-state index in [4.69, 9.17) is 0 Å². The largest absolute Gasteiger partial charge is 0.307 e. The Labute approximate surface area is 122 Å². The maximum Gasteiger partial charge on any atom is 0.123 e. The highest BCUT2D eigenvalue weighted by atomic mass is 19.1. The van der Waals surface area contributed by atoms with Crippen LogP contribution in [0.3, 0.4) is 0 Å². The molecule has 1 N–H and O–H groups in total. The zero-order chi connectivity index (χ0) is 14.5. The fraction of sp³-hybridized carbons (Fsp3) is 0.667. The molecule has 1 nitrogen and oxygen atoms in total. The molecule has 0 saturated heterocycles. The zero-order valence-corrected chi connectivity index (χ0v) is 13.0. The van der Waals surface area contributed by atoms with E-state index in [9.17, 15) is 4.39 Å². The van der Waals surface area contributed by atoms with Gasteiger partial charge in [-0.2, -0.15) is 0 Å². The average molecular weight is 275 g/mol. The summed E-state index contributed by atoms with van der Waals surface area (Å²) in [6.07, 6.45) is 4.00. The maximum absolute atomic E-state index is 13.0. The van der Waals surface area contributed by atoms with Gasteiger partial charge >= 0.3 is 0 Å². The molecule has 2 heteroatoms.